The summed E-state index contributed by atoms with van der Waals surface area (Å²) in [5, 5.41) is 1.02. The molecule has 0 amide bonds. The summed E-state index contributed by atoms with van der Waals surface area (Å²) in [6.45, 7) is 0. The van der Waals surface area contributed by atoms with E-state index < -0.39 is 0 Å². The van der Waals surface area contributed by atoms with Gasteiger partial charge in [0.1, 0.15) is 0 Å². The minimum absolute atomic E-state index is 0.498. The Hall–Kier alpha value is -1.38. The van der Waals surface area contributed by atoms with Gasteiger partial charge in [-0.3, -0.25) is 9.98 Å². The molecule has 0 bridgehead atoms. The first-order valence-corrected chi connectivity index (χ1v) is 5.41. The van der Waals surface area contributed by atoms with E-state index in [0.717, 1.165) is 11.4 Å². The molecule has 0 fully saturated rings. The molecule has 1 aromatic heterocycles. The molecule has 0 saturated heterocycles. The lowest BCUT2D eigenvalue weighted by Gasteiger charge is -1.97. The summed E-state index contributed by atoms with van der Waals surface area (Å²) < 4.78 is 0. The van der Waals surface area contributed by atoms with Crippen LogP contribution in [0.4, 0.5) is 5.69 Å². The van der Waals surface area contributed by atoms with Gasteiger partial charge in [-0.1, -0.05) is 29.3 Å². The van der Waals surface area contributed by atoms with Gasteiger partial charge in [-0.25, -0.2) is 0 Å². The quantitative estimate of drug-likeness (QED) is 0.736. The molecule has 0 radical (unpaired) electrons. The molecule has 0 unspecified atom stereocenters. The van der Waals surface area contributed by atoms with Gasteiger partial charge in [0.15, 0.2) is 0 Å². The molecular weight excluding hydrogens is 243 g/mol. The predicted octanol–water partition coefficient (Wildman–Crippen LogP) is 4.14. The van der Waals surface area contributed by atoms with Crippen molar-refractivity contribution in [2.24, 2.45) is 4.99 Å². The fourth-order valence-electron chi connectivity index (χ4n) is 1.16. The third kappa shape index (κ3) is 2.81. The van der Waals surface area contributed by atoms with E-state index >= 15 is 0 Å². The van der Waals surface area contributed by atoms with Crippen molar-refractivity contribution >= 4 is 35.1 Å². The zero-order valence-electron chi connectivity index (χ0n) is 8.27. The van der Waals surface area contributed by atoms with E-state index in [-0.39, 0.29) is 0 Å². The Kier molecular flexibility index (Phi) is 3.54. The molecule has 2 nitrogen and oxygen atoms in total. The number of pyridine rings is 1. The second-order valence-corrected chi connectivity index (χ2v) is 3.93. The average molecular weight is 251 g/mol. The molecular formula is C12H8Cl2N2. The van der Waals surface area contributed by atoms with Crippen LogP contribution in [-0.2, 0) is 0 Å². The van der Waals surface area contributed by atoms with Crippen molar-refractivity contribution in [3.63, 3.8) is 0 Å². The zero-order valence-corrected chi connectivity index (χ0v) is 9.78. The van der Waals surface area contributed by atoms with Gasteiger partial charge in [0, 0.05) is 6.20 Å². The molecule has 0 saturated carbocycles. The number of rotatable bonds is 2. The molecule has 2 rings (SSSR count). The lowest BCUT2D eigenvalue weighted by Crippen LogP contribution is -1.83. The Morgan fingerprint density at radius 2 is 1.94 bits per heavy atom. The highest BCUT2D eigenvalue weighted by molar-refractivity contribution is 6.42. The molecule has 0 spiro atoms. The van der Waals surface area contributed by atoms with Crippen LogP contribution >= 0.6 is 23.2 Å². The van der Waals surface area contributed by atoms with Gasteiger partial charge >= 0.3 is 0 Å². The monoisotopic (exact) mass is 250 g/mol. The highest BCUT2D eigenvalue weighted by Gasteiger charge is 1.97. The van der Waals surface area contributed by atoms with Gasteiger partial charge in [-0.15, -0.1) is 0 Å². The molecule has 16 heavy (non-hydrogen) atoms. The minimum atomic E-state index is 0.498. The molecule has 0 aliphatic carbocycles. The van der Waals surface area contributed by atoms with Crippen LogP contribution in [0.25, 0.3) is 0 Å². The fraction of sp³-hybridized carbons (Fsp3) is 0. The maximum absolute atomic E-state index is 5.87. The molecule has 0 atom stereocenters. The summed E-state index contributed by atoms with van der Waals surface area (Å²) in [7, 11) is 0. The molecule has 80 valence electrons. The summed E-state index contributed by atoms with van der Waals surface area (Å²) in [4.78, 5) is 8.37. The van der Waals surface area contributed by atoms with Gasteiger partial charge in [-0.2, -0.15) is 0 Å². The molecule has 0 N–H and O–H groups in total. The molecule has 1 aromatic carbocycles. The topological polar surface area (TPSA) is 25.2 Å². The number of aliphatic imine (C=N–C) groups is 1. The largest absolute Gasteiger partial charge is 0.255 e. The number of halogens is 2. The van der Waals surface area contributed by atoms with Crippen LogP contribution in [0.15, 0.2) is 47.6 Å². The van der Waals surface area contributed by atoms with Crippen LogP contribution in [0.3, 0.4) is 0 Å². The number of hydrogen-bond acceptors (Lipinski definition) is 2. The van der Waals surface area contributed by atoms with E-state index in [1.165, 1.54) is 0 Å². The molecule has 0 aliphatic heterocycles. The van der Waals surface area contributed by atoms with Crippen molar-refractivity contribution in [1.29, 1.82) is 0 Å². The molecule has 2 aromatic rings. The number of benzene rings is 1. The maximum Gasteiger partial charge on any atom is 0.0812 e. The Morgan fingerprint density at radius 1 is 1.06 bits per heavy atom. The Balaban J connectivity index is 2.21. The van der Waals surface area contributed by atoms with Crippen molar-refractivity contribution in [3.05, 3.63) is 58.3 Å². The lowest BCUT2D eigenvalue weighted by molar-refractivity contribution is 1.30. The van der Waals surface area contributed by atoms with E-state index in [1.54, 1.807) is 30.6 Å². The summed E-state index contributed by atoms with van der Waals surface area (Å²) in [6, 6.07) is 10.9. The van der Waals surface area contributed by atoms with E-state index in [4.69, 9.17) is 23.2 Å². The van der Waals surface area contributed by atoms with Crippen molar-refractivity contribution in [1.82, 2.24) is 4.98 Å². The van der Waals surface area contributed by atoms with Crippen LogP contribution in [0.5, 0.6) is 0 Å². The Labute approximate surface area is 104 Å². The summed E-state index contributed by atoms with van der Waals surface area (Å²) in [6.07, 6.45) is 3.40. The summed E-state index contributed by atoms with van der Waals surface area (Å²) >= 11 is 11.7. The van der Waals surface area contributed by atoms with E-state index in [9.17, 15) is 0 Å². The van der Waals surface area contributed by atoms with Crippen LogP contribution in [0.2, 0.25) is 10.0 Å². The molecule has 1 heterocycles. The number of hydrogen-bond donors (Lipinski definition) is 0. The number of nitrogens with zero attached hydrogens (tertiary/aromatic N) is 2. The van der Waals surface area contributed by atoms with Gasteiger partial charge < -0.3 is 0 Å². The van der Waals surface area contributed by atoms with Gasteiger partial charge in [0.05, 0.1) is 27.6 Å². The summed E-state index contributed by atoms with van der Waals surface area (Å²) in [5.41, 5.74) is 1.55. The van der Waals surface area contributed by atoms with Crippen LogP contribution < -0.4 is 0 Å². The summed E-state index contributed by atoms with van der Waals surface area (Å²) in [5.74, 6) is 0. The van der Waals surface area contributed by atoms with Crippen LogP contribution in [0, 0.1) is 0 Å². The molecule has 4 heteroatoms. The first-order valence-electron chi connectivity index (χ1n) is 4.66. The highest BCUT2D eigenvalue weighted by Crippen LogP contribution is 2.26. The normalized spacial score (nSPS) is 10.9. The van der Waals surface area contributed by atoms with Crippen molar-refractivity contribution in [2.75, 3.05) is 0 Å². The average Bonchev–Trinajstić information content (AvgIpc) is 2.32. The van der Waals surface area contributed by atoms with Gasteiger partial charge in [0.2, 0.25) is 0 Å². The first-order chi connectivity index (χ1) is 7.75. The van der Waals surface area contributed by atoms with E-state index in [0.29, 0.717) is 10.0 Å². The smallest absolute Gasteiger partial charge is 0.0812 e. The first kappa shape index (κ1) is 11.1. The van der Waals surface area contributed by atoms with Crippen LogP contribution in [0.1, 0.15) is 5.69 Å². The fourth-order valence-corrected chi connectivity index (χ4v) is 1.45. The SMILES string of the molecule is Clc1ccc(N=Cc2ccccn2)cc1Cl. The Morgan fingerprint density at radius 3 is 2.62 bits per heavy atom. The van der Waals surface area contributed by atoms with Crippen LogP contribution in [-0.4, -0.2) is 11.2 Å². The van der Waals surface area contributed by atoms with Gasteiger partial charge in [-0.05, 0) is 30.3 Å². The van der Waals surface area contributed by atoms with Gasteiger partial charge in [0.25, 0.3) is 0 Å². The minimum Gasteiger partial charge on any atom is -0.255 e. The van der Waals surface area contributed by atoms with Crippen molar-refractivity contribution in [3.8, 4) is 0 Å². The predicted molar refractivity (Wildman–Crippen MR) is 68.0 cm³/mol. The highest BCUT2D eigenvalue weighted by atomic mass is 35.5. The van der Waals surface area contributed by atoms with E-state index in [2.05, 4.69) is 9.98 Å². The third-order valence-electron chi connectivity index (χ3n) is 1.94. The van der Waals surface area contributed by atoms with Crippen molar-refractivity contribution in [2.45, 2.75) is 0 Å². The Bertz CT molecular complexity index is 510. The van der Waals surface area contributed by atoms with E-state index in [1.807, 2.05) is 18.2 Å². The zero-order chi connectivity index (χ0) is 11.4. The standard InChI is InChI=1S/C12H8Cl2N2/c13-11-5-4-9(7-12(11)14)16-8-10-3-1-2-6-15-10/h1-8H. The second-order valence-electron chi connectivity index (χ2n) is 3.11. The van der Waals surface area contributed by atoms with Crippen molar-refractivity contribution < 1.29 is 0 Å². The lowest BCUT2D eigenvalue weighted by atomic mass is 10.3. The number of aromatic nitrogens is 1. The molecule has 0 aliphatic rings. The maximum atomic E-state index is 5.87. The third-order valence-corrected chi connectivity index (χ3v) is 2.68. The second kappa shape index (κ2) is 5.10.